The minimum atomic E-state index is -0.0914. The van der Waals surface area contributed by atoms with Gasteiger partial charge in [0, 0.05) is 50.3 Å². The van der Waals surface area contributed by atoms with Gasteiger partial charge >= 0.3 is 4.87 Å². The number of nitrogens with zero attached hydrogens (tertiary/aromatic N) is 3. The maximum absolute atomic E-state index is 12.0. The van der Waals surface area contributed by atoms with Gasteiger partial charge in [-0.25, -0.2) is 0 Å². The molecule has 1 fully saturated rings. The Morgan fingerprint density at radius 1 is 1.11 bits per heavy atom. The molecule has 1 aromatic carbocycles. The van der Waals surface area contributed by atoms with E-state index in [0.29, 0.717) is 6.54 Å². The number of aryl methyl sites for hydroxylation is 1. The fourth-order valence-corrected chi connectivity index (χ4v) is 4.07. The van der Waals surface area contributed by atoms with Gasteiger partial charge in [-0.2, -0.15) is 0 Å². The summed E-state index contributed by atoms with van der Waals surface area (Å²) in [5, 5.41) is 4.71. The largest absolute Gasteiger partial charge is 0.355 e. The lowest BCUT2D eigenvalue weighted by atomic mass is 10.2. The minimum absolute atomic E-state index is 0.0731. The third kappa shape index (κ3) is 6.02. The van der Waals surface area contributed by atoms with E-state index in [0.717, 1.165) is 62.7 Å². The number of hydrogen-bond acceptors (Lipinski definition) is 5. The maximum Gasteiger partial charge on any atom is 0.307 e. The molecule has 1 aliphatic heterocycles. The van der Waals surface area contributed by atoms with E-state index in [1.807, 2.05) is 6.92 Å². The van der Waals surface area contributed by atoms with Crippen LogP contribution in [0.2, 0.25) is 0 Å². The Bertz CT molecular complexity index is 779. The fourth-order valence-electron chi connectivity index (χ4n) is 3.34. The van der Waals surface area contributed by atoms with Crippen molar-refractivity contribution in [2.45, 2.75) is 26.4 Å². The second kappa shape index (κ2) is 9.82. The van der Waals surface area contributed by atoms with Crippen LogP contribution in [0.15, 0.2) is 40.5 Å². The summed E-state index contributed by atoms with van der Waals surface area (Å²) in [7, 11) is 0. The summed E-state index contributed by atoms with van der Waals surface area (Å²) in [5.41, 5.74) is 2.21. The van der Waals surface area contributed by atoms with Crippen LogP contribution in [-0.2, 0) is 17.9 Å². The van der Waals surface area contributed by atoms with Crippen LogP contribution in [0.25, 0.3) is 0 Å². The lowest BCUT2D eigenvalue weighted by Crippen LogP contribution is -2.46. The molecule has 0 bridgehead atoms. The van der Waals surface area contributed by atoms with Gasteiger partial charge in [-0.15, -0.1) is 0 Å². The van der Waals surface area contributed by atoms with Gasteiger partial charge in [0.15, 0.2) is 0 Å². The lowest BCUT2D eigenvalue weighted by molar-refractivity contribution is -0.121. The molecule has 3 rings (SSSR count). The van der Waals surface area contributed by atoms with Gasteiger partial charge in [-0.1, -0.05) is 41.7 Å². The molecule has 1 amide bonds. The van der Waals surface area contributed by atoms with E-state index >= 15 is 0 Å². The average Bonchev–Trinajstić information content (AvgIpc) is 2.99. The molecule has 27 heavy (non-hydrogen) atoms. The van der Waals surface area contributed by atoms with Crippen molar-refractivity contribution in [3.63, 3.8) is 0 Å². The highest BCUT2D eigenvalue weighted by atomic mass is 32.1. The SMILES string of the molecule is Cc1csc(=O)n1CC(=O)NCCCN1CCN(Cc2ccccc2)CC1. The van der Waals surface area contributed by atoms with E-state index in [1.165, 1.54) is 10.1 Å². The van der Waals surface area contributed by atoms with Crippen molar-refractivity contribution in [3.8, 4) is 0 Å². The molecule has 2 heterocycles. The first-order valence-corrected chi connectivity index (χ1v) is 10.4. The Labute approximate surface area is 164 Å². The highest BCUT2D eigenvalue weighted by molar-refractivity contribution is 7.07. The number of aromatic nitrogens is 1. The molecular weight excluding hydrogens is 360 g/mol. The van der Waals surface area contributed by atoms with Crippen molar-refractivity contribution in [3.05, 3.63) is 56.6 Å². The molecule has 1 N–H and O–H groups in total. The van der Waals surface area contributed by atoms with Crippen molar-refractivity contribution in [2.75, 3.05) is 39.3 Å². The standard InChI is InChI=1S/C20H28N4O2S/c1-17-16-27-20(26)24(17)15-19(25)21-8-5-9-22-10-12-23(13-11-22)14-18-6-3-2-4-7-18/h2-4,6-7,16H,5,8-15H2,1H3,(H,21,25). The van der Waals surface area contributed by atoms with Crippen LogP contribution >= 0.6 is 11.3 Å². The van der Waals surface area contributed by atoms with Crippen molar-refractivity contribution >= 4 is 17.2 Å². The minimum Gasteiger partial charge on any atom is -0.355 e. The second-order valence-electron chi connectivity index (χ2n) is 7.04. The van der Waals surface area contributed by atoms with Crippen molar-refractivity contribution in [2.24, 2.45) is 0 Å². The summed E-state index contributed by atoms with van der Waals surface area (Å²) in [6.45, 7) is 8.96. The molecular formula is C20H28N4O2S. The molecule has 6 nitrogen and oxygen atoms in total. The first kappa shape index (κ1) is 19.8. The smallest absolute Gasteiger partial charge is 0.307 e. The molecule has 0 saturated carbocycles. The van der Waals surface area contributed by atoms with E-state index in [1.54, 1.807) is 5.38 Å². The summed E-state index contributed by atoms with van der Waals surface area (Å²) in [4.78, 5) is 28.5. The van der Waals surface area contributed by atoms with Crippen LogP contribution in [0.4, 0.5) is 0 Å². The van der Waals surface area contributed by atoms with Crippen LogP contribution in [0.1, 0.15) is 17.7 Å². The number of benzene rings is 1. The van der Waals surface area contributed by atoms with Gasteiger partial charge in [-0.3, -0.25) is 19.1 Å². The number of nitrogens with one attached hydrogen (secondary N) is 1. The van der Waals surface area contributed by atoms with Gasteiger partial charge in [0.25, 0.3) is 0 Å². The Kier molecular flexibility index (Phi) is 7.20. The van der Waals surface area contributed by atoms with Gasteiger partial charge < -0.3 is 10.2 Å². The normalized spacial score (nSPS) is 15.7. The quantitative estimate of drug-likeness (QED) is 0.697. The second-order valence-corrected chi connectivity index (χ2v) is 7.86. The number of piperazine rings is 1. The summed E-state index contributed by atoms with van der Waals surface area (Å²) >= 11 is 1.14. The maximum atomic E-state index is 12.0. The lowest BCUT2D eigenvalue weighted by Gasteiger charge is -2.34. The Morgan fingerprint density at radius 3 is 2.48 bits per heavy atom. The van der Waals surface area contributed by atoms with E-state index in [-0.39, 0.29) is 17.3 Å². The van der Waals surface area contributed by atoms with Gasteiger partial charge in [0.2, 0.25) is 5.91 Å². The molecule has 1 saturated heterocycles. The van der Waals surface area contributed by atoms with E-state index in [4.69, 9.17) is 0 Å². The monoisotopic (exact) mass is 388 g/mol. The number of carbonyl (C=O) groups is 1. The summed E-state index contributed by atoms with van der Waals surface area (Å²) in [6.07, 6.45) is 0.932. The number of amides is 1. The number of rotatable bonds is 8. The van der Waals surface area contributed by atoms with Gasteiger partial charge in [-0.05, 0) is 25.5 Å². The van der Waals surface area contributed by atoms with Crippen molar-refractivity contribution < 1.29 is 4.79 Å². The predicted octanol–water partition coefficient (Wildman–Crippen LogP) is 1.54. The highest BCUT2D eigenvalue weighted by Crippen LogP contribution is 2.08. The highest BCUT2D eigenvalue weighted by Gasteiger charge is 2.16. The molecule has 0 atom stereocenters. The molecule has 2 aromatic rings. The zero-order valence-corrected chi connectivity index (χ0v) is 16.7. The molecule has 1 aromatic heterocycles. The zero-order chi connectivity index (χ0) is 19.1. The molecule has 0 aliphatic carbocycles. The van der Waals surface area contributed by atoms with E-state index in [2.05, 4.69) is 45.4 Å². The summed E-state index contributed by atoms with van der Waals surface area (Å²) in [6, 6.07) is 10.6. The Balaban J connectivity index is 1.29. The molecule has 146 valence electrons. The summed E-state index contributed by atoms with van der Waals surface area (Å²) in [5.74, 6) is -0.0914. The number of carbonyl (C=O) groups excluding carboxylic acids is 1. The molecule has 0 radical (unpaired) electrons. The third-order valence-corrected chi connectivity index (χ3v) is 5.85. The van der Waals surface area contributed by atoms with Gasteiger partial charge in [0.05, 0.1) is 0 Å². The van der Waals surface area contributed by atoms with Gasteiger partial charge in [0.1, 0.15) is 6.54 Å². The van der Waals surface area contributed by atoms with Crippen LogP contribution in [-0.4, -0.2) is 59.5 Å². The van der Waals surface area contributed by atoms with Crippen LogP contribution in [0.5, 0.6) is 0 Å². The van der Waals surface area contributed by atoms with E-state index in [9.17, 15) is 9.59 Å². The first-order valence-electron chi connectivity index (χ1n) is 9.52. The van der Waals surface area contributed by atoms with Crippen LogP contribution in [0.3, 0.4) is 0 Å². The Hall–Kier alpha value is -1.96. The first-order chi connectivity index (χ1) is 13.1. The predicted molar refractivity (Wildman–Crippen MR) is 109 cm³/mol. The van der Waals surface area contributed by atoms with Crippen LogP contribution < -0.4 is 10.2 Å². The molecule has 0 unspecified atom stereocenters. The topological polar surface area (TPSA) is 57.6 Å². The van der Waals surface area contributed by atoms with Crippen molar-refractivity contribution in [1.82, 2.24) is 19.7 Å². The van der Waals surface area contributed by atoms with E-state index < -0.39 is 0 Å². The summed E-state index contributed by atoms with van der Waals surface area (Å²) < 4.78 is 1.52. The fraction of sp³-hybridized carbons (Fsp3) is 0.500. The zero-order valence-electron chi connectivity index (χ0n) is 15.9. The number of thiazole rings is 1. The third-order valence-electron chi connectivity index (χ3n) is 4.97. The Morgan fingerprint density at radius 2 is 1.81 bits per heavy atom. The molecule has 0 spiro atoms. The average molecular weight is 389 g/mol. The van der Waals surface area contributed by atoms with Crippen LogP contribution in [0, 0.1) is 6.92 Å². The molecule has 7 heteroatoms. The van der Waals surface area contributed by atoms with Crippen molar-refractivity contribution in [1.29, 1.82) is 0 Å². The number of hydrogen-bond donors (Lipinski definition) is 1. The molecule has 1 aliphatic rings.